The Hall–Kier alpha value is -3.55. The number of carbonyl (C=O) groups excluding carboxylic acids is 4. The first-order valence-electron chi connectivity index (χ1n) is 10.4. The lowest BCUT2D eigenvalue weighted by Crippen LogP contribution is -2.41. The molecule has 31 heavy (non-hydrogen) atoms. The second-order valence-corrected chi connectivity index (χ2v) is 7.95. The summed E-state index contributed by atoms with van der Waals surface area (Å²) < 4.78 is 0. The van der Waals surface area contributed by atoms with Crippen molar-refractivity contribution in [3.05, 3.63) is 53.7 Å². The van der Waals surface area contributed by atoms with E-state index in [2.05, 4.69) is 10.3 Å². The fraction of sp³-hybridized carbons (Fsp3) is 0.348. The summed E-state index contributed by atoms with van der Waals surface area (Å²) in [5.74, 6) is -0.265. The number of hydrogen-bond acceptors (Lipinski definition) is 5. The monoisotopic (exact) mass is 420 g/mol. The van der Waals surface area contributed by atoms with Gasteiger partial charge in [-0.25, -0.2) is 4.98 Å². The Kier molecular flexibility index (Phi) is 5.79. The van der Waals surface area contributed by atoms with Crippen molar-refractivity contribution in [1.29, 1.82) is 0 Å². The topological polar surface area (TPSA) is 99.7 Å². The largest absolute Gasteiger partial charge is 0.339 e. The summed E-state index contributed by atoms with van der Waals surface area (Å²) in [5.41, 5.74) is 2.01. The Morgan fingerprint density at radius 1 is 0.968 bits per heavy atom. The van der Waals surface area contributed by atoms with Gasteiger partial charge in [0.05, 0.1) is 5.69 Å². The Morgan fingerprint density at radius 2 is 1.61 bits per heavy atom. The molecule has 0 aliphatic carbocycles. The van der Waals surface area contributed by atoms with Crippen LogP contribution in [0.5, 0.6) is 0 Å². The second kappa shape index (κ2) is 8.67. The first-order valence-corrected chi connectivity index (χ1v) is 10.4. The number of piperidine rings is 1. The van der Waals surface area contributed by atoms with Gasteiger partial charge in [-0.3, -0.25) is 24.1 Å². The van der Waals surface area contributed by atoms with Gasteiger partial charge in [-0.05, 0) is 55.7 Å². The molecular formula is C23H24N4O4. The molecule has 4 rings (SSSR count). The molecule has 0 spiro atoms. The third-order valence-corrected chi connectivity index (χ3v) is 5.74. The second-order valence-electron chi connectivity index (χ2n) is 7.95. The molecule has 2 aromatic rings. The van der Waals surface area contributed by atoms with Crippen LogP contribution in [-0.2, 0) is 14.4 Å². The van der Waals surface area contributed by atoms with E-state index in [9.17, 15) is 19.2 Å². The van der Waals surface area contributed by atoms with Crippen LogP contribution in [0.3, 0.4) is 0 Å². The Bertz CT molecular complexity index is 993. The van der Waals surface area contributed by atoms with Crippen molar-refractivity contribution in [3.8, 4) is 0 Å². The summed E-state index contributed by atoms with van der Waals surface area (Å²) in [6.07, 6.45) is 3.32. The Morgan fingerprint density at radius 3 is 2.19 bits per heavy atom. The van der Waals surface area contributed by atoms with E-state index in [1.54, 1.807) is 41.4 Å². The van der Waals surface area contributed by atoms with Crippen molar-refractivity contribution >= 4 is 35.1 Å². The van der Waals surface area contributed by atoms with E-state index >= 15 is 0 Å². The average molecular weight is 420 g/mol. The highest BCUT2D eigenvalue weighted by molar-refractivity contribution is 6.19. The third-order valence-electron chi connectivity index (χ3n) is 5.74. The number of rotatable bonds is 4. The molecule has 0 radical (unpaired) electrons. The van der Waals surface area contributed by atoms with Gasteiger partial charge in [0.15, 0.2) is 0 Å². The summed E-state index contributed by atoms with van der Waals surface area (Å²) in [7, 11) is 0. The van der Waals surface area contributed by atoms with Crippen LogP contribution >= 0.6 is 0 Å². The van der Waals surface area contributed by atoms with E-state index in [0.29, 0.717) is 43.0 Å². The summed E-state index contributed by atoms with van der Waals surface area (Å²) >= 11 is 0. The molecule has 4 amide bonds. The van der Waals surface area contributed by atoms with Crippen LogP contribution in [-0.4, -0.2) is 46.6 Å². The molecule has 0 saturated carbocycles. The summed E-state index contributed by atoms with van der Waals surface area (Å²) in [5, 5.41) is 2.84. The number of aryl methyl sites for hydroxylation is 1. The number of benzene rings is 1. The number of pyridine rings is 1. The SMILES string of the molecule is Cc1ccc(NC(=O)C2CCN(C(=O)c3ccc(N4C(=O)CCC4=O)cc3)CC2)nc1. The number of anilines is 2. The van der Waals surface area contributed by atoms with Crippen molar-refractivity contribution < 1.29 is 19.2 Å². The fourth-order valence-corrected chi connectivity index (χ4v) is 3.91. The molecule has 160 valence electrons. The highest BCUT2D eigenvalue weighted by Gasteiger charge is 2.31. The number of carbonyl (C=O) groups is 4. The minimum Gasteiger partial charge on any atom is -0.339 e. The van der Waals surface area contributed by atoms with Crippen molar-refractivity contribution in [1.82, 2.24) is 9.88 Å². The first-order chi connectivity index (χ1) is 14.9. The van der Waals surface area contributed by atoms with Gasteiger partial charge in [0, 0.05) is 43.6 Å². The Labute approximate surface area is 180 Å². The number of aromatic nitrogens is 1. The van der Waals surface area contributed by atoms with Crippen molar-refractivity contribution in [2.75, 3.05) is 23.3 Å². The molecule has 2 aliphatic rings. The van der Waals surface area contributed by atoms with Crippen LogP contribution in [0.1, 0.15) is 41.6 Å². The van der Waals surface area contributed by atoms with Gasteiger partial charge >= 0.3 is 0 Å². The number of nitrogens with zero attached hydrogens (tertiary/aromatic N) is 3. The van der Waals surface area contributed by atoms with E-state index in [0.717, 1.165) is 5.56 Å². The highest BCUT2D eigenvalue weighted by Crippen LogP contribution is 2.25. The smallest absolute Gasteiger partial charge is 0.253 e. The lowest BCUT2D eigenvalue weighted by molar-refractivity contribution is -0.122. The molecular weight excluding hydrogens is 396 g/mol. The quantitative estimate of drug-likeness (QED) is 0.767. The number of hydrogen-bond donors (Lipinski definition) is 1. The molecule has 1 aromatic heterocycles. The molecule has 8 nitrogen and oxygen atoms in total. The molecule has 1 aromatic carbocycles. The predicted octanol–water partition coefficient (Wildman–Crippen LogP) is 2.53. The van der Waals surface area contributed by atoms with Gasteiger partial charge in [-0.2, -0.15) is 0 Å². The van der Waals surface area contributed by atoms with Crippen LogP contribution in [0.15, 0.2) is 42.6 Å². The third kappa shape index (κ3) is 4.47. The van der Waals surface area contributed by atoms with Crippen molar-refractivity contribution in [2.24, 2.45) is 5.92 Å². The molecule has 2 aliphatic heterocycles. The maximum Gasteiger partial charge on any atom is 0.253 e. The zero-order chi connectivity index (χ0) is 22.0. The van der Waals surface area contributed by atoms with E-state index in [1.165, 1.54) is 4.90 Å². The van der Waals surface area contributed by atoms with Crippen molar-refractivity contribution in [2.45, 2.75) is 32.6 Å². The van der Waals surface area contributed by atoms with Crippen molar-refractivity contribution in [3.63, 3.8) is 0 Å². The van der Waals surface area contributed by atoms with Gasteiger partial charge in [0.25, 0.3) is 5.91 Å². The minimum atomic E-state index is -0.217. The Balaban J connectivity index is 1.32. The first kappa shape index (κ1) is 20.7. The minimum absolute atomic E-state index is 0.0762. The zero-order valence-electron chi connectivity index (χ0n) is 17.3. The van der Waals surface area contributed by atoms with Gasteiger partial charge in [-0.15, -0.1) is 0 Å². The molecule has 1 N–H and O–H groups in total. The summed E-state index contributed by atoms with van der Waals surface area (Å²) in [6, 6.07) is 10.2. The molecule has 2 fully saturated rings. The lowest BCUT2D eigenvalue weighted by atomic mass is 9.95. The maximum atomic E-state index is 12.8. The number of amides is 4. The molecule has 8 heteroatoms. The van der Waals surface area contributed by atoms with E-state index in [4.69, 9.17) is 0 Å². The average Bonchev–Trinajstić information content (AvgIpc) is 3.13. The normalized spacial score (nSPS) is 17.2. The van der Waals surface area contributed by atoms with Gasteiger partial charge < -0.3 is 10.2 Å². The molecule has 2 saturated heterocycles. The number of likely N-dealkylation sites (tertiary alicyclic amines) is 1. The number of imide groups is 1. The molecule has 0 atom stereocenters. The van der Waals surface area contributed by atoms with E-state index in [-0.39, 0.29) is 42.4 Å². The molecule has 0 bridgehead atoms. The molecule has 3 heterocycles. The van der Waals surface area contributed by atoms with E-state index < -0.39 is 0 Å². The van der Waals surface area contributed by atoms with Crippen LogP contribution < -0.4 is 10.2 Å². The fourth-order valence-electron chi connectivity index (χ4n) is 3.91. The summed E-state index contributed by atoms with van der Waals surface area (Å²) in [4.78, 5) is 56.1. The lowest BCUT2D eigenvalue weighted by Gasteiger charge is -2.31. The maximum absolute atomic E-state index is 12.8. The highest BCUT2D eigenvalue weighted by atomic mass is 16.2. The van der Waals surface area contributed by atoms with Crippen LogP contribution in [0.2, 0.25) is 0 Å². The van der Waals surface area contributed by atoms with Gasteiger partial charge in [0.2, 0.25) is 17.7 Å². The van der Waals surface area contributed by atoms with Gasteiger partial charge in [0.1, 0.15) is 5.82 Å². The van der Waals surface area contributed by atoms with Crippen LogP contribution in [0, 0.1) is 12.8 Å². The van der Waals surface area contributed by atoms with E-state index in [1.807, 2.05) is 13.0 Å². The predicted molar refractivity (Wildman–Crippen MR) is 114 cm³/mol. The van der Waals surface area contributed by atoms with Crippen LogP contribution in [0.4, 0.5) is 11.5 Å². The van der Waals surface area contributed by atoms with Gasteiger partial charge in [-0.1, -0.05) is 6.07 Å². The standard InChI is InChI=1S/C23H24N4O4/c1-15-2-7-19(24-14-15)25-22(30)16-10-12-26(13-11-16)23(31)17-3-5-18(6-4-17)27-20(28)8-9-21(27)29/h2-7,14,16H,8-13H2,1H3,(H,24,25,30). The molecule has 0 unspecified atom stereocenters. The van der Waals surface area contributed by atoms with Crippen LogP contribution in [0.25, 0.3) is 0 Å². The summed E-state index contributed by atoms with van der Waals surface area (Å²) in [6.45, 7) is 2.91. The number of nitrogens with one attached hydrogen (secondary N) is 1. The zero-order valence-corrected chi connectivity index (χ0v) is 17.3.